The Labute approximate surface area is 193 Å². The third-order valence-electron chi connectivity index (χ3n) is 5.10. The molecule has 0 aromatic rings. The third kappa shape index (κ3) is 25.1. The first kappa shape index (κ1) is 29.9. The predicted octanol–water partition coefficient (Wildman–Crippen LogP) is 8.16. The van der Waals surface area contributed by atoms with E-state index >= 15 is 0 Å². The zero-order valence-corrected chi connectivity index (χ0v) is 21.7. The third-order valence-corrected chi connectivity index (χ3v) is 5.10. The molecule has 0 radical (unpaired) electrons. The maximum Gasteiger partial charge on any atom is 0.306 e. The molecule has 0 unspecified atom stereocenters. The topological polar surface area (TPSA) is 52.6 Å². The highest BCUT2D eigenvalue weighted by Gasteiger charge is 2.15. The number of hydrogen-bond acceptors (Lipinski definition) is 4. The molecule has 0 fully saturated rings. The molecule has 0 aliphatic heterocycles. The van der Waals surface area contributed by atoms with Gasteiger partial charge >= 0.3 is 11.9 Å². The molecule has 0 saturated carbocycles. The molecule has 0 atom stereocenters. The van der Waals surface area contributed by atoms with E-state index in [0.29, 0.717) is 19.4 Å². The fourth-order valence-electron chi connectivity index (χ4n) is 3.42. The van der Waals surface area contributed by atoms with Crippen LogP contribution in [-0.2, 0) is 19.1 Å². The summed E-state index contributed by atoms with van der Waals surface area (Å²) in [5, 5.41) is 0. The number of esters is 2. The Hall–Kier alpha value is -1.06. The smallest absolute Gasteiger partial charge is 0.306 e. The Kier molecular flexibility index (Phi) is 16.9. The van der Waals surface area contributed by atoms with Gasteiger partial charge in [-0.15, -0.1) is 0 Å². The minimum absolute atomic E-state index is 0.0436. The van der Waals surface area contributed by atoms with Gasteiger partial charge in [-0.1, -0.05) is 97.8 Å². The quantitative estimate of drug-likeness (QED) is 0.159. The van der Waals surface area contributed by atoms with Crippen LogP contribution >= 0.6 is 0 Å². The zero-order valence-electron chi connectivity index (χ0n) is 21.7. The van der Waals surface area contributed by atoms with Gasteiger partial charge in [0, 0.05) is 12.8 Å². The molecule has 184 valence electrons. The lowest BCUT2D eigenvalue weighted by molar-refractivity contribution is -0.155. The molecule has 0 N–H and O–H groups in total. The number of hydrogen-bond donors (Lipinski definition) is 0. The minimum atomic E-state index is -0.362. The van der Waals surface area contributed by atoms with Gasteiger partial charge < -0.3 is 9.47 Å². The standard InChI is InChI=1S/C27H52O4/c1-26(2,3)23-30-24(28)21-19-17-15-13-11-9-7-8-10-12-14-16-18-20-22-25(29)31-27(4,5)6/h7-23H2,1-6H3. The number of rotatable bonds is 18. The van der Waals surface area contributed by atoms with Gasteiger partial charge in [-0.3, -0.25) is 9.59 Å². The molecular weight excluding hydrogens is 388 g/mol. The Balaban J connectivity index is 3.25. The molecule has 0 heterocycles. The largest absolute Gasteiger partial charge is 0.465 e. The van der Waals surface area contributed by atoms with Crippen molar-refractivity contribution in [2.45, 2.75) is 150 Å². The highest BCUT2D eigenvalue weighted by Crippen LogP contribution is 2.16. The average Bonchev–Trinajstić information content (AvgIpc) is 2.64. The summed E-state index contributed by atoms with van der Waals surface area (Å²) >= 11 is 0. The van der Waals surface area contributed by atoms with Crippen molar-refractivity contribution in [1.82, 2.24) is 0 Å². The maximum atomic E-state index is 11.7. The molecule has 0 aromatic heterocycles. The second kappa shape index (κ2) is 17.5. The van der Waals surface area contributed by atoms with Crippen LogP contribution in [-0.4, -0.2) is 24.1 Å². The molecule has 4 nitrogen and oxygen atoms in total. The number of carbonyl (C=O) groups excluding carboxylic acids is 2. The van der Waals surface area contributed by atoms with Crippen molar-refractivity contribution >= 4 is 11.9 Å². The van der Waals surface area contributed by atoms with Crippen LogP contribution < -0.4 is 0 Å². The predicted molar refractivity (Wildman–Crippen MR) is 130 cm³/mol. The van der Waals surface area contributed by atoms with Crippen molar-refractivity contribution < 1.29 is 19.1 Å². The van der Waals surface area contributed by atoms with Crippen LogP contribution in [0, 0.1) is 5.41 Å². The molecular formula is C27H52O4. The molecule has 0 rings (SSSR count). The number of carbonyl (C=O) groups is 2. The Morgan fingerprint density at radius 3 is 1.16 bits per heavy atom. The van der Waals surface area contributed by atoms with Crippen LogP contribution in [0.4, 0.5) is 0 Å². The number of unbranched alkanes of at least 4 members (excludes halogenated alkanes) is 13. The van der Waals surface area contributed by atoms with E-state index in [9.17, 15) is 9.59 Å². The van der Waals surface area contributed by atoms with Gasteiger partial charge in [-0.2, -0.15) is 0 Å². The van der Waals surface area contributed by atoms with Crippen molar-refractivity contribution in [3.63, 3.8) is 0 Å². The fourth-order valence-corrected chi connectivity index (χ4v) is 3.42. The molecule has 31 heavy (non-hydrogen) atoms. The van der Waals surface area contributed by atoms with E-state index in [1.165, 1.54) is 64.2 Å². The summed E-state index contributed by atoms with van der Waals surface area (Å²) in [6.07, 6.45) is 18.3. The summed E-state index contributed by atoms with van der Waals surface area (Å²) in [6, 6.07) is 0. The average molecular weight is 441 g/mol. The first-order valence-corrected chi connectivity index (χ1v) is 12.9. The lowest BCUT2D eigenvalue weighted by Gasteiger charge is -2.19. The van der Waals surface area contributed by atoms with E-state index in [0.717, 1.165) is 25.7 Å². The highest BCUT2D eigenvalue weighted by molar-refractivity contribution is 5.69. The molecule has 0 amide bonds. The van der Waals surface area contributed by atoms with Gasteiger partial charge in [0.25, 0.3) is 0 Å². The minimum Gasteiger partial charge on any atom is -0.465 e. The lowest BCUT2D eigenvalue weighted by Crippen LogP contribution is -2.23. The summed E-state index contributed by atoms with van der Waals surface area (Å²) in [5.41, 5.74) is -0.308. The molecule has 4 heteroatoms. The van der Waals surface area contributed by atoms with Gasteiger partial charge in [0.05, 0.1) is 6.61 Å². The van der Waals surface area contributed by atoms with Gasteiger partial charge in [-0.05, 0) is 39.0 Å². The van der Waals surface area contributed by atoms with Crippen molar-refractivity contribution in [2.24, 2.45) is 5.41 Å². The monoisotopic (exact) mass is 440 g/mol. The highest BCUT2D eigenvalue weighted by atomic mass is 16.6. The van der Waals surface area contributed by atoms with Gasteiger partial charge in [0.2, 0.25) is 0 Å². The second-order valence-corrected chi connectivity index (χ2v) is 11.3. The molecule has 0 spiro atoms. The zero-order chi connectivity index (χ0) is 23.6. The van der Waals surface area contributed by atoms with Crippen molar-refractivity contribution in [2.75, 3.05) is 6.61 Å². The first-order chi connectivity index (χ1) is 14.5. The number of ether oxygens (including phenoxy) is 2. The van der Waals surface area contributed by atoms with Crippen LogP contribution in [0.3, 0.4) is 0 Å². The van der Waals surface area contributed by atoms with E-state index in [2.05, 4.69) is 20.8 Å². The van der Waals surface area contributed by atoms with Crippen LogP contribution in [0.15, 0.2) is 0 Å². The summed E-state index contributed by atoms with van der Waals surface area (Å²) in [6.45, 7) is 12.5. The Morgan fingerprint density at radius 1 is 0.516 bits per heavy atom. The SMILES string of the molecule is CC(C)(C)COC(=O)CCCCCCCCCCCCCCCCC(=O)OC(C)(C)C. The van der Waals surface area contributed by atoms with Crippen molar-refractivity contribution in [1.29, 1.82) is 0 Å². The fraction of sp³-hybridized carbons (Fsp3) is 0.926. The molecule has 0 aliphatic rings. The van der Waals surface area contributed by atoms with E-state index in [4.69, 9.17) is 9.47 Å². The molecule has 0 aromatic carbocycles. The van der Waals surface area contributed by atoms with Gasteiger partial charge in [-0.25, -0.2) is 0 Å². The van der Waals surface area contributed by atoms with E-state index in [1.54, 1.807) is 0 Å². The maximum absolute atomic E-state index is 11.7. The van der Waals surface area contributed by atoms with Crippen LogP contribution in [0.2, 0.25) is 0 Å². The van der Waals surface area contributed by atoms with Crippen LogP contribution in [0.25, 0.3) is 0 Å². The van der Waals surface area contributed by atoms with Crippen molar-refractivity contribution in [3.8, 4) is 0 Å². The summed E-state index contributed by atoms with van der Waals surface area (Å²) in [5.74, 6) is -0.107. The summed E-state index contributed by atoms with van der Waals surface area (Å²) in [7, 11) is 0. The summed E-state index contributed by atoms with van der Waals surface area (Å²) in [4.78, 5) is 23.3. The lowest BCUT2D eigenvalue weighted by atomic mass is 9.99. The van der Waals surface area contributed by atoms with Gasteiger partial charge in [0.1, 0.15) is 5.60 Å². The molecule has 0 bridgehead atoms. The van der Waals surface area contributed by atoms with E-state index in [-0.39, 0.29) is 23.0 Å². The van der Waals surface area contributed by atoms with Crippen LogP contribution in [0.5, 0.6) is 0 Å². The molecule has 0 saturated heterocycles. The van der Waals surface area contributed by atoms with E-state index in [1.807, 2.05) is 20.8 Å². The van der Waals surface area contributed by atoms with Crippen LogP contribution in [0.1, 0.15) is 144 Å². The second-order valence-electron chi connectivity index (χ2n) is 11.3. The van der Waals surface area contributed by atoms with Crippen molar-refractivity contribution in [3.05, 3.63) is 0 Å². The van der Waals surface area contributed by atoms with Gasteiger partial charge in [0.15, 0.2) is 0 Å². The first-order valence-electron chi connectivity index (χ1n) is 12.9. The summed E-state index contributed by atoms with van der Waals surface area (Å²) < 4.78 is 10.6. The Bertz CT molecular complexity index is 457. The Morgan fingerprint density at radius 2 is 0.839 bits per heavy atom. The molecule has 0 aliphatic carbocycles. The normalized spacial score (nSPS) is 12.1. The van der Waals surface area contributed by atoms with E-state index < -0.39 is 0 Å².